The summed E-state index contributed by atoms with van der Waals surface area (Å²) in [6, 6.07) is 8.55. The van der Waals surface area contributed by atoms with Crippen molar-refractivity contribution in [2.75, 3.05) is 12.8 Å². The predicted molar refractivity (Wildman–Crippen MR) is 86.1 cm³/mol. The fourth-order valence-corrected chi connectivity index (χ4v) is 3.89. The Morgan fingerprint density at radius 1 is 1.30 bits per heavy atom. The molecule has 0 fully saturated rings. The lowest BCUT2D eigenvalue weighted by Crippen LogP contribution is -2.38. The van der Waals surface area contributed by atoms with Crippen LogP contribution in [0.5, 0.6) is 5.75 Å². The number of hydrogen-bond donors (Lipinski definition) is 1. The Bertz CT molecular complexity index is 543. The second kappa shape index (κ2) is 8.45. The van der Waals surface area contributed by atoms with E-state index in [-0.39, 0.29) is 12.8 Å². The van der Waals surface area contributed by atoms with Crippen LogP contribution >= 0.6 is 7.60 Å². The zero-order valence-electron chi connectivity index (χ0n) is 13.9. The van der Waals surface area contributed by atoms with E-state index in [0.29, 0.717) is 5.75 Å². The van der Waals surface area contributed by atoms with E-state index in [0.717, 1.165) is 0 Å². The van der Waals surface area contributed by atoms with Crippen molar-refractivity contribution in [2.45, 2.75) is 39.3 Å². The monoisotopic (exact) mass is 345 g/mol. The van der Waals surface area contributed by atoms with E-state index in [1.807, 2.05) is 0 Å². The van der Waals surface area contributed by atoms with Crippen molar-refractivity contribution < 1.29 is 28.2 Å². The summed E-state index contributed by atoms with van der Waals surface area (Å²) in [6.07, 6.45) is -1.19. The van der Waals surface area contributed by atoms with Crippen LogP contribution in [0.1, 0.15) is 27.7 Å². The number of benzene rings is 1. The van der Waals surface area contributed by atoms with Crippen molar-refractivity contribution >= 4 is 13.6 Å². The highest BCUT2D eigenvalue weighted by Crippen LogP contribution is 2.51. The Balaban J connectivity index is 2.87. The van der Waals surface area contributed by atoms with E-state index in [1.54, 1.807) is 51.1 Å². The normalized spacial score (nSPS) is 15.5. The molecule has 2 atom stereocenters. The van der Waals surface area contributed by atoms with E-state index in [1.165, 1.54) is 6.92 Å². The van der Waals surface area contributed by atoms with Crippen LogP contribution in [0.25, 0.3) is 0 Å². The van der Waals surface area contributed by atoms with Gasteiger partial charge in [-0.1, -0.05) is 18.2 Å². The smallest absolute Gasteiger partial charge is 0.381 e. The Labute approximate surface area is 136 Å². The molecule has 0 aliphatic carbocycles. The zero-order chi connectivity index (χ0) is 17.5. The van der Waals surface area contributed by atoms with Gasteiger partial charge >= 0.3 is 13.6 Å². The van der Waals surface area contributed by atoms with E-state index in [4.69, 9.17) is 14.8 Å². The van der Waals surface area contributed by atoms with Crippen molar-refractivity contribution in [3.8, 4) is 5.75 Å². The average Bonchev–Trinajstić information content (AvgIpc) is 2.43. The summed E-state index contributed by atoms with van der Waals surface area (Å²) in [7, 11) is -3.69. The molecule has 1 aromatic carbocycles. The van der Waals surface area contributed by atoms with Crippen LogP contribution in [-0.4, -0.2) is 30.4 Å². The van der Waals surface area contributed by atoms with Gasteiger partial charge in [0.25, 0.3) is 0 Å². The lowest BCUT2D eigenvalue weighted by atomic mass is 10.1. The van der Waals surface area contributed by atoms with Crippen LogP contribution < -0.4 is 10.3 Å². The molecule has 130 valence electrons. The fraction of sp³-hybridized carbons (Fsp3) is 0.533. The molecular weight excluding hydrogens is 321 g/mol. The van der Waals surface area contributed by atoms with Gasteiger partial charge in [0.1, 0.15) is 5.75 Å². The van der Waals surface area contributed by atoms with Crippen LogP contribution in [0.4, 0.5) is 0 Å². The summed E-state index contributed by atoms with van der Waals surface area (Å²) >= 11 is 0. The van der Waals surface area contributed by atoms with Crippen molar-refractivity contribution in [3.63, 3.8) is 0 Å². The van der Waals surface area contributed by atoms with Gasteiger partial charge in [0.2, 0.25) is 0 Å². The third-order valence-electron chi connectivity index (χ3n) is 2.50. The molecule has 0 radical (unpaired) electrons. The van der Waals surface area contributed by atoms with Crippen molar-refractivity contribution in [3.05, 3.63) is 30.3 Å². The molecule has 1 aromatic rings. The van der Waals surface area contributed by atoms with Gasteiger partial charge in [-0.2, -0.15) is 4.89 Å². The topological polar surface area (TPSA) is 97.1 Å². The summed E-state index contributed by atoms with van der Waals surface area (Å²) in [5.74, 6) is -0.427. The standard InChI is InChI=1S/C15H24NO6P/c1-5-19-20-14(17)12(2)21-23(18,11-15(3,4)16)22-13-9-7-6-8-10-13/h6-10,12H,5,11,16H2,1-4H3. The molecular formula is C15H24NO6P. The minimum Gasteiger partial charge on any atom is -0.424 e. The molecule has 0 amide bonds. The van der Waals surface area contributed by atoms with E-state index >= 15 is 0 Å². The lowest BCUT2D eigenvalue weighted by Gasteiger charge is -2.27. The number of para-hydroxylation sites is 1. The highest BCUT2D eigenvalue weighted by atomic mass is 31.2. The summed E-state index contributed by atoms with van der Waals surface area (Å²) in [4.78, 5) is 20.8. The first-order valence-corrected chi connectivity index (χ1v) is 9.02. The second-order valence-corrected chi connectivity index (χ2v) is 7.65. The largest absolute Gasteiger partial charge is 0.424 e. The maximum absolute atomic E-state index is 13.0. The van der Waals surface area contributed by atoms with Gasteiger partial charge in [0.05, 0.1) is 12.8 Å². The molecule has 0 heterocycles. The van der Waals surface area contributed by atoms with E-state index in [2.05, 4.69) is 9.78 Å². The maximum Gasteiger partial charge on any atom is 0.381 e. The van der Waals surface area contributed by atoms with E-state index < -0.39 is 25.2 Å². The molecule has 8 heteroatoms. The Morgan fingerprint density at radius 2 is 1.91 bits per heavy atom. The van der Waals surface area contributed by atoms with Gasteiger partial charge in [0, 0.05) is 5.54 Å². The number of carbonyl (C=O) groups excluding carboxylic acids is 1. The first-order valence-electron chi connectivity index (χ1n) is 7.29. The molecule has 0 aliphatic rings. The molecule has 0 bridgehead atoms. The molecule has 1 rings (SSSR count). The minimum absolute atomic E-state index is 0.0683. The maximum atomic E-state index is 13.0. The molecule has 7 nitrogen and oxygen atoms in total. The van der Waals surface area contributed by atoms with Crippen LogP contribution in [0, 0.1) is 0 Å². The molecule has 0 saturated heterocycles. The van der Waals surface area contributed by atoms with Crippen molar-refractivity contribution in [1.82, 2.24) is 0 Å². The summed E-state index contributed by atoms with van der Waals surface area (Å²) in [5, 5.41) is 0. The van der Waals surface area contributed by atoms with Crippen LogP contribution in [0.15, 0.2) is 30.3 Å². The van der Waals surface area contributed by atoms with Gasteiger partial charge in [-0.05, 0) is 39.8 Å². The molecule has 0 aromatic heterocycles. The zero-order valence-corrected chi connectivity index (χ0v) is 14.7. The minimum atomic E-state index is -3.69. The number of rotatable bonds is 9. The molecule has 0 spiro atoms. The first-order chi connectivity index (χ1) is 10.7. The highest BCUT2D eigenvalue weighted by molar-refractivity contribution is 7.54. The van der Waals surface area contributed by atoms with Crippen molar-refractivity contribution in [1.29, 1.82) is 0 Å². The van der Waals surface area contributed by atoms with Gasteiger partial charge in [0.15, 0.2) is 6.10 Å². The molecule has 0 aliphatic heterocycles. The van der Waals surface area contributed by atoms with Gasteiger partial charge < -0.3 is 10.3 Å². The van der Waals surface area contributed by atoms with Crippen LogP contribution in [0.3, 0.4) is 0 Å². The second-order valence-electron chi connectivity index (χ2n) is 5.72. The molecule has 2 N–H and O–H groups in total. The third kappa shape index (κ3) is 7.61. The Hall–Kier alpha value is -1.40. The lowest BCUT2D eigenvalue weighted by molar-refractivity contribution is -0.274. The average molecular weight is 345 g/mol. The summed E-state index contributed by atoms with van der Waals surface area (Å²) in [5.41, 5.74) is 5.12. The van der Waals surface area contributed by atoms with Gasteiger partial charge in [-0.25, -0.2) is 9.36 Å². The Morgan fingerprint density at radius 3 is 2.43 bits per heavy atom. The summed E-state index contributed by atoms with van der Waals surface area (Å²) < 4.78 is 23.9. The van der Waals surface area contributed by atoms with Crippen LogP contribution in [0.2, 0.25) is 0 Å². The van der Waals surface area contributed by atoms with E-state index in [9.17, 15) is 9.36 Å². The quantitative estimate of drug-likeness (QED) is 0.417. The number of nitrogens with two attached hydrogens (primary N) is 1. The highest BCUT2D eigenvalue weighted by Gasteiger charge is 2.37. The molecule has 2 unspecified atom stereocenters. The summed E-state index contributed by atoms with van der Waals surface area (Å²) in [6.45, 7) is 6.67. The molecule has 23 heavy (non-hydrogen) atoms. The predicted octanol–water partition coefficient (Wildman–Crippen LogP) is 2.90. The number of carbonyl (C=O) groups is 1. The Kier molecular flexibility index (Phi) is 7.22. The van der Waals surface area contributed by atoms with Gasteiger partial charge in [-0.3, -0.25) is 9.41 Å². The molecule has 0 saturated carbocycles. The first kappa shape index (κ1) is 19.6. The number of hydrogen-bond acceptors (Lipinski definition) is 7. The van der Waals surface area contributed by atoms with Crippen LogP contribution in [-0.2, 0) is 23.7 Å². The SMILES string of the molecule is CCOOC(=O)C(C)OP(=O)(CC(C)(C)N)Oc1ccccc1. The van der Waals surface area contributed by atoms with Gasteiger partial charge in [-0.15, -0.1) is 0 Å². The fourth-order valence-electron chi connectivity index (χ4n) is 1.70. The third-order valence-corrected chi connectivity index (χ3v) is 4.83. The van der Waals surface area contributed by atoms with Crippen molar-refractivity contribution in [2.24, 2.45) is 5.73 Å².